The van der Waals surface area contributed by atoms with Gasteiger partial charge in [-0.2, -0.15) is 8.42 Å². The quantitative estimate of drug-likeness (QED) is 0.765. The van der Waals surface area contributed by atoms with E-state index < -0.39 is 14.9 Å². The minimum absolute atomic E-state index is 0.336. The summed E-state index contributed by atoms with van der Waals surface area (Å²) in [6.07, 6.45) is 2.30. The number of allylic oxidation sites excluding steroid dienone is 1. The molecule has 0 saturated carbocycles. The van der Waals surface area contributed by atoms with Crippen LogP contribution in [0.25, 0.3) is 6.08 Å². The highest BCUT2D eigenvalue weighted by Gasteiger charge is 2.42. The first kappa shape index (κ1) is 11.4. The monoisotopic (exact) mass is 238 g/mol. The van der Waals surface area contributed by atoms with Gasteiger partial charge in [0.2, 0.25) is 0 Å². The van der Waals surface area contributed by atoms with Crippen LogP contribution in [0, 0.1) is 0 Å². The van der Waals surface area contributed by atoms with E-state index in [2.05, 4.69) is 0 Å². The second-order valence-corrected chi connectivity index (χ2v) is 6.31. The summed E-state index contributed by atoms with van der Waals surface area (Å²) in [7, 11) is -4.11. The topological polar surface area (TPSA) is 54.4 Å². The molecule has 1 unspecified atom stereocenters. The molecule has 1 aromatic rings. The van der Waals surface area contributed by atoms with E-state index in [0.717, 1.165) is 11.1 Å². The molecule has 0 radical (unpaired) electrons. The lowest BCUT2D eigenvalue weighted by Crippen LogP contribution is -2.34. The van der Waals surface area contributed by atoms with Crippen LogP contribution < -0.4 is 0 Å². The number of hydrogen-bond donors (Lipinski definition) is 1. The zero-order valence-corrected chi connectivity index (χ0v) is 10.1. The van der Waals surface area contributed by atoms with Gasteiger partial charge in [0.25, 0.3) is 10.1 Å². The Hall–Kier alpha value is -1.13. The van der Waals surface area contributed by atoms with Crippen molar-refractivity contribution < 1.29 is 13.0 Å². The molecule has 0 heterocycles. The van der Waals surface area contributed by atoms with Crippen molar-refractivity contribution in [2.45, 2.75) is 25.0 Å². The lowest BCUT2D eigenvalue weighted by atomic mass is 9.84. The Labute approximate surface area is 95.6 Å². The normalized spacial score (nSPS) is 24.8. The van der Waals surface area contributed by atoms with Crippen LogP contribution in [0.3, 0.4) is 0 Å². The molecule has 3 nitrogen and oxygen atoms in total. The van der Waals surface area contributed by atoms with Gasteiger partial charge in [-0.3, -0.25) is 4.55 Å². The van der Waals surface area contributed by atoms with Crippen molar-refractivity contribution in [1.29, 1.82) is 0 Å². The van der Waals surface area contributed by atoms with Crippen LogP contribution >= 0.6 is 0 Å². The molecule has 0 saturated heterocycles. The highest BCUT2D eigenvalue weighted by Crippen LogP contribution is 2.41. The maximum atomic E-state index is 11.5. The SMILES string of the molecule is CC1=Cc2ccccc2C(C)(S(=O)(=O)O)C1. The largest absolute Gasteiger partial charge is 0.285 e. The van der Waals surface area contributed by atoms with E-state index >= 15 is 0 Å². The minimum atomic E-state index is -4.11. The van der Waals surface area contributed by atoms with Gasteiger partial charge in [0.15, 0.2) is 0 Å². The Morgan fingerprint density at radius 3 is 2.56 bits per heavy atom. The number of benzene rings is 1. The molecule has 0 fully saturated rings. The van der Waals surface area contributed by atoms with E-state index in [1.807, 2.05) is 25.1 Å². The van der Waals surface area contributed by atoms with E-state index in [4.69, 9.17) is 0 Å². The van der Waals surface area contributed by atoms with E-state index in [1.54, 1.807) is 19.1 Å². The third-order valence-corrected chi connectivity index (χ3v) is 4.62. The third-order valence-electron chi connectivity index (χ3n) is 3.12. The standard InChI is InChI=1S/C12H14O3S/c1-9-7-10-5-3-4-6-11(10)12(2,8-9)16(13,14)15/h3-7H,8H2,1-2H3,(H,13,14,15). The van der Waals surface area contributed by atoms with E-state index in [-0.39, 0.29) is 0 Å². The van der Waals surface area contributed by atoms with Crippen molar-refractivity contribution in [3.05, 3.63) is 41.0 Å². The van der Waals surface area contributed by atoms with E-state index in [1.165, 1.54) is 0 Å². The van der Waals surface area contributed by atoms with Gasteiger partial charge in [-0.1, -0.05) is 35.9 Å². The molecular weight excluding hydrogens is 224 g/mol. The van der Waals surface area contributed by atoms with E-state index in [0.29, 0.717) is 12.0 Å². The van der Waals surface area contributed by atoms with Gasteiger partial charge in [-0.15, -0.1) is 0 Å². The van der Waals surface area contributed by atoms with Crippen molar-refractivity contribution in [3.8, 4) is 0 Å². The lowest BCUT2D eigenvalue weighted by molar-refractivity contribution is 0.432. The van der Waals surface area contributed by atoms with Crippen LogP contribution in [-0.4, -0.2) is 13.0 Å². The second kappa shape index (κ2) is 3.43. The van der Waals surface area contributed by atoms with Crippen LogP contribution in [0.4, 0.5) is 0 Å². The summed E-state index contributed by atoms with van der Waals surface area (Å²) in [4.78, 5) is 0. The lowest BCUT2D eigenvalue weighted by Gasteiger charge is -2.32. The van der Waals surface area contributed by atoms with Crippen LogP contribution in [0.15, 0.2) is 29.8 Å². The van der Waals surface area contributed by atoms with Crippen LogP contribution in [0.5, 0.6) is 0 Å². The molecule has 0 amide bonds. The molecule has 16 heavy (non-hydrogen) atoms. The van der Waals surface area contributed by atoms with Crippen molar-refractivity contribution in [2.24, 2.45) is 0 Å². The van der Waals surface area contributed by atoms with Crippen molar-refractivity contribution in [2.75, 3.05) is 0 Å². The summed E-state index contributed by atoms with van der Waals surface area (Å²) in [6, 6.07) is 7.27. The fraction of sp³-hybridized carbons (Fsp3) is 0.333. The second-order valence-electron chi connectivity index (χ2n) is 4.46. The summed E-state index contributed by atoms with van der Waals surface area (Å²) in [6.45, 7) is 3.44. The first-order valence-electron chi connectivity index (χ1n) is 5.08. The summed E-state index contributed by atoms with van der Waals surface area (Å²) in [5.41, 5.74) is 2.49. The Morgan fingerprint density at radius 2 is 1.94 bits per heavy atom. The Balaban J connectivity index is 2.74. The Bertz CT molecular complexity index is 557. The Morgan fingerprint density at radius 1 is 1.31 bits per heavy atom. The summed E-state index contributed by atoms with van der Waals surface area (Å²) in [5, 5.41) is 0. The molecule has 1 N–H and O–H groups in total. The zero-order chi connectivity index (χ0) is 12.0. The first-order chi connectivity index (χ1) is 7.34. The molecule has 4 heteroatoms. The average Bonchev–Trinajstić information content (AvgIpc) is 2.15. The average molecular weight is 238 g/mol. The predicted molar refractivity (Wildman–Crippen MR) is 63.6 cm³/mol. The third kappa shape index (κ3) is 1.58. The fourth-order valence-electron chi connectivity index (χ4n) is 2.28. The molecule has 1 atom stereocenters. The van der Waals surface area contributed by atoms with Gasteiger partial charge >= 0.3 is 0 Å². The van der Waals surface area contributed by atoms with E-state index in [9.17, 15) is 13.0 Å². The minimum Gasteiger partial charge on any atom is -0.285 e. The number of rotatable bonds is 1. The summed E-state index contributed by atoms with van der Waals surface area (Å²) < 4.78 is 31.3. The highest BCUT2D eigenvalue weighted by molar-refractivity contribution is 7.86. The molecule has 1 aliphatic carbocycles. The molecule has 1 aliphatic rings. The van der Waals surface area contributed by atoms with Gasteiger partial charge in [0.1, 0.15) is 4.75 Å². The maximum absolute atomic E-state index is 11.5. The molecule has 0 aromatic heterocycles. The fourth-order valence-corrected chi connectivity index (χ4v) is 3.15. The number of hydrogen-bond acceptors (Lipinski definition) is 2. The predicted octanol–water partition coefficient (Wildman–Crippen LogP) is 2.60. The summed E-state index contributed by atoms with van der Waals surface area (Å²) >= 11 is 0. The zero-order valence-electron chi connectivity index (χ0n) is 9.27. The molecule has 2 rings (SSSR count). The van der Waals surface area contributed by atoms with Crippen LogP contribution in [-0.2, 0) is 14.9 Å². The van der Waals surface area contributed by atoms with Gasteiger partial charge in [-0.05, 0) is 31.4 Å². The Kier molecular flexibility index (Phi) is 2.44. The molecule has 1 aromatic carbocycles. The van der Waals surface area contributed by atoms with Crippen LogP contribution in [0.2, 0.25) is 0 Å². The summed E-state index contributed by atoms with van der Waals surface area (Å²) in [5.74, 6) is 0. The van der Waals surface area contributed by atoms with Gasteiger partial charge in [0, 0.05) is 0 Å². The van der Waals surface area contributed by atoms with Crippen LogP contribution in [0.1, 0.15) is 31.4 Å². The van der Waals surface area contributed by atoms with Crippen molar-refractivity contribution in [3.63, 3.8) is 0 Å². The number of fused-ring (bicyclic) bond motifs is 1. The maximum Gasteiger partial charge on any atom is 0.274 e. The first-order valence-corrected chi connectivity index (χ1v) is 6.52. The molecule has 86 valence electrons. The molecule has 0 aliphatic heterocycles. The smallest absolute Gasteiger partial charge is 0.274 e. The molecular formula is C12H14O3S. The molecule has 0 spiro atoms. The van der Waals surface area contributed by atoms with Gasteiger partial charge in [-0.25, -0.2) is 0 Å². The van der Waals surface area contributed by atoms with Gasteiger partial charge in [0.05, 0.1) is 0 Å². The van der Waals surface area contributed by atoms with Crippen molar-refractivity contribution in [1.82, 2.24) is 0 Å². The highest BCUT2D eigenvalue weighted by atomic mass is 32.2. The van der Waals surface area contributed by atoms with Gasteiger partial charge < -0.3 is 0 Å². The molecule has 0 bridgehead atoms. The van der Waals surface area contributed by atoms with Crippen molar-refractivity contribution >= 4 is 16.2 Å².